The SMILES string of the molecule is COc1ccnc(C(=O)NC2COC(=O)[C@H](Cc3ccccc3)C(OC(=O)C(C)C)[C@H](C)OC2=O)c1OC(=O)C1CCCCC1. The summed E-state index contributed by atoms with van der Waals surface area (Å²) in [5.74, 6) is -5.49. The van der Waals surface area contributed by atoms with E-state index in [1.54, 1.807) is 13.8 Å². The molecule has 12 nitrogen and oxygen atoms in total. The number of esters is 4. The summed E-state index contributed by atoms with van der Waals surface area (Å²) in [5, 5.41) is 2.50. The van der Waals surface area contributed by atoms with Gasteiger partial charge in [-0.15, -0.1) is 0 Å². The number of pyridine rings is 1. The van der Waals surface area contributed by atoms with Crippen molar-refractivity contribution in [3.63, 3.8) is 0 Å². The van der Waals surface area contributed by atoms with Gasteiger partial charge in [-0.05, 0) is 31.7 Å². The highest BCUT2D eigenvalue weighted by molar-refractivity contribution is 5.99. The van der Waals surface area contributed by atoms with E-state index in [0.717, 1.165) is 24.8 Å². The zero-order valence-electron chi connectivity index (χ0n) is 26.0. The van der Waals surface area contributed by atoms with Gasteiger partial charge in [-0.2, -0.15) is 0 Å². The molecular formula is C33H40N2O10. The van der Waals surface area contributed by atoms with E-state index in [-0.39, 0.29) is 29.5 Å². The maximum atomic E-state index is 13.5. The molecule has 0 bridgehead atoms. The maximum Gasteiger partial charge on any atom is 0.332 e. The molecule has 1 aliphatic heterocycles. The number of benzene rings is 1. The normalized spacial score (nSPS) is 22.6. The molecule has 4 rings (SSSR count). The summed E-state index contributed by atoms with van der Waals surface area (Å²) in [6.45, 7) is 4.25. The van der Waals surface area contributed by atoms with Gasteiger partial charge in [0.15, 0.2) is 23.6 Å². The van der Waals surface area contributed by atoms with E-state index >= 15 is 0 Å². The quantitative estimate of drug-likeness (QED) is 0.321. The predicted octanol–water partition coefficient (Wildman–Crippen LogP) is 3.59. The Labute approximate surface area is 262 Å². The fraction of sp³-hybridized carbons (Fsp3) is 0.515. The van der Waals surface area contributed by atoms with Crippen molar-refractivity contribution in [2.75, 3.05) is 13.7 Å². The van der Waals surface area contributed by atoms with Crippen LogP contribution in [0.3, 0.4) is 0 Å². The summed E-state index contributed by atoms with van der Waals surface area (Å²) in [5.41, 5.74) is 0.489. The van der Waals surface area contributed by atoms with Crippen LogP contribution in [-0.2, 0) is 39.8 Å². The highest BCUT2D eigenvalue weighted by Gasteiger charge is 2.42. The average Bonchev–Trinajstić information content (AvgIpc) is 3.07. The van der Waals surface area contributed by atoms with Gasteiger partial charge in [0, 0.05) is 12.3 Å². The van der Waals surface area contributed by atoms with E-state index in [1.165, 1.54) is 26.3 Å². The van der Waals surface area contributed by atoms with Crippen LogP contribution in [0.2, 0.25) is 0 Å². The molecule has 1 saturated heterocycles. The van der Waals surface area contributed by atoms with Gasteiger partial charge in [0.25, 0.3) is 5.91 Å². The van der Waals surface area contributed by atoms with Crippen LogP contribution in [0.1, 0.15) is 68.9 Å². The van der Waals surface area contributed by atoms with Crippen molar-refractivity contribution in [2.45, 2.75) is 77.5 Å². The highest BCUT2D eigenvalue weighted by atomic mass is 16.6. The lowest BCUT2D eigenvalue weighted by molar-refractivity contribution is -0.176. The first-order valence-electron chi connectivity index (χ1n) is 15.3. The number of carbonyl (C=O) groups excluding carboxylic acids is 5. The zero-order valence-corrected chi connectivity index (χ0v) is 26.0. The Balaban J connectivity index is 1.57. The third-order valence-corrected chi connectivity index (χ3v) is 7.91. The van der Waals surface area contributed by atoms with Gasteiger partial charge in [-0.25, -0.2) is 9.78 Å². The summed E-state index contributed by atoms with van der Waals surface area (Å²) >= 11 is 0. The topological polar surface area (TPSA) is 156 Å². The van der Waals surface area contributed by atoms with Crippen molar-refractivity contribution in [3.8, 4) is 11.5 Å². The second-order valence-corrected chi connectivity index (χ2v) is 11.6. The van der Waals surface area contributed by atoms with Gasteiger partial charge < -0.3 is 29.0 Å². The number of ether oxygens (including phenoxy) is 5. The third-order valence-electron chi connectivity index (χ3n) is 7.91. The Bertz CT molecular complexity index is 1370. The molecule has 0 radical (unpaired) electrons. The number of nitrogens with zero attached hydrogens (tertiary/aromatic N) is 1. The lowest BCUT2D eigenvalue weighted by Gasteiger charge is -2.29. The summed E-state index contributed by atoms with van der Waals surface area (Å²) in [6.07, 6.45) is 3.44. The highest BCUT2D eigenvalue weighted by Crippen LogP contribution is 2.33. The molecule has 1 saturated carbocycles. The lowest BCUT2D eigenvalue weighted by atomic mass is 9.89. The van der Waals surface area contributed by atoms with Crippen LogP contribution >= 0.6 is 0 Å². The van der Waals surface area contributed by atoms with Crippen LogP contribution in [-0.4, -0.2) is 66.7 Å². The van der Waals surface area contributed by atoms with E-state index in [2.05, 4.69) is 10.3 Å². The van der Waals surface area contributed by atoms with E-state index in [0.29, 0.717) is 12.8 Å². The third kappa shape index (κ3) is 8.58. The largest absolute Gasteiger partial charge is 0.493 e. The number of amides is 1. The summed E-state index contributed by atoms with van der Waals surface area (Å²) in [7, 11) is 1.36. The predicted molar refractivity (Wildman–Crippen MR) is 159 cm³/mol. The maximum absolute atomic E-state index is 13.5. The first-order chi connectivity index (χ1) is 21.6. The Hall–Kier alpha value is -4.48. The Morgan fingerprint density at radius 3 is 2.40 bits per heavy atom. The van der Waals surface area contributed by atoms with Crippen molar-refractivity contribution in [1.82, 2.24) is 10.3 Å². The molecule has 0 spiro atoms. The molecule has 1 N–H and O–H groups in total. The molecule has 242 valence electrons. The molecule has 2 heterocycles. The summed E-state index contributed by atoms with van der Waals surface area (Å²) < 4.78 is 27.9. The van der Waals surface area contributed by atoms with E-state index in [1.807, 2.05) is 30.3 Å². The second-order valence-electron chi connectivity index (χ2n) is 11.6. The van der Waals surface area contributed by atoms with Gasteiger partial charge in [0.1, 0.15) is 18.6 Å². The molecule has 45 heavy (non-hydrogen) atoms. The van der Waals surface area contributed by atoms with Crippen LogP contribution in [0.25, 0.3) is 0 Å². The van der Waals surface area contributed by atoms with Gasteiger partial charge >= 0.3 is 23.9 Å². The van der Waals surface area contributed by atoms with Crippen molar-refractivity contribution in [3.05, 3.63) is 53.9 Å². The van der Waals surface area contributed by atoms with Crippen LogP contribution < -0.4 is 14.8 Å². The number of aromatic nitrogens is 1. The molecule has 12 heteroatoms. The van der Waals surface area contributed by atoms with E-state index in [9.17, 15) is 24.0 Å². The number of methoxy groups -OCH3 is 1. The monoisotopic (exact) mass is 624 g/mol. The number of carbonyl (C=O) groups is 5. The van der Waals surface area contributed by atoms with Gasteiger partial charge in [0.05, 0.1) is 18.9 Å². The van der Waals surface area contributed by atoms with Crippen LogP contribution in [0.4, 0.5) is 0 Å². The molecule has 2 aromatic rings. The Morgan fingerprint density at radius 2 is 1.73 bits per heavy atom. The van der Waals surface area contributed by atoms with Gasteiger partial charge in [-0.3, -0.25) is 19.2 Å². The molecular weight excluding hydrogens is 584 g/mol. The van der Waals surface area contributed by atoms with Gasteiger partial charge in [-0.1, -0.05) is 63.4 Å². The molecule has 1 amide bonds. The van der Waals surface area contributed by atoms with Crippen LogP contribution in [0, 0.1) is 17.8 Å². The number of rotatable bonds is 9. The summed E-state index contributed by atoms with van der Waals surface area (Å²) in [6, 6.07) is 9.10. The summed E-state index contributed by atoms with van der Waals surface area (Å²) in [4.78, 5) is 70.0. The van der Waals surface area contributed by atoms with Crippen molar-refractivity contribution in [1.29, 1.82) is 0 Å². The van der Waals surface area contributed by atoms with E-state index < -0.39 is 66.5 Å². The van der Waals surface area contributed by atoms with Crippen molar-refractivity contribution < 1.29 is 47.7 Å². The van der Waals surface area contributed by atoms with Crippen molar-refractivity contribution in [2.24, 2.45) is 17.8 Å². The average molecular weight is 625 g/mol. The fourth-order valence-electron chi connectivity index (χ4n) is 5.35. The standard InChI is InChI=1S/C33H40N2O10/c1-19(2)30(37)44-27-20(3)43-33(40)24(18-42-32(39)23(27)17-21-11-7-5-8-12-21)35-29(36)26-28(25(41-4)15-16-34-26)45-31(38)22-13-9-6-10-14-22/h5,7-8,11-12,15-16,19-20,22-24,27H,6,9-10,13-14,17-18H2,1-4H3,(H,35,36)/t20-,23+,24?,27?/m0/s1. The van der Waals surface area contributed by atoms with Gasteiger partial charge in [0.2, 0.25) is 5.75 Å². The molecule has 2 aliphatic rings. The molecule has 4 atom stereocenters. The minimum atomic E-state index is -1.45. The number of hydrogen-bond donors (Lipinski definition) is 1. The second kappa shape index (κ2) is 15.5. The van der Waals surface area contributed by atoms with Crippen LogP contribution in [0.5, 0.6) is 11.5 Å². The first-order valence-corrected chi connectivity index (χ1v) is 15.3. The Morgan fingerprint density at radius 1 is 1.02 bits per heavy atom. The van der Waals surface area contributed by atoms with E-state index in [4.69, 9.17) is 23.7 Å². The first kappa shape index (κ1) is 33.4. The fourth-order valence-corrected chi connectivity index (χ4v) is 5.35. The van der Waals surface area contributed by atoms with Crippen LogP contribution in [0.15, 0.2) is 42.6 Å². The zero-order chi connectivity index (χ0) is 32.5. The minimum absolute atomic E-state index is 0.106. The number of cyclic esters (lactones) is 2. The molecule has 1 aliphatic carbocycles. The molecule has 1 aromatic carbocycles. The molecule has 2 unspecified atom stereocenters. The smallest absolute Gasteiger partial charge is 0.332 e. The lowest BCUT2D eigenvalue weighted by Crippen LogP contribution is -2.47. The molecule has 2 fully saturated rings. The number of nitrogens with one attached hydrogen (secondary N) is 1. The number of hydrogen-bond acceptors (Lipinski definition) is 11. The minimum Gasteiger partial charge on any atom is -0.493 e. The molecule has 1 aromatic heterocycles. The Kier molecular flexibility index (Phi) is 11.5. The van der Waals surface area contributed by atoms with Crippen molar-refractivity contribution >= 4 is 29.8 Å².